The summed E-state index contributed by atoms with van der Waals surface area (Å²) in [6.45, 7) is 2.56. The number of hydrogen-bond acceptors (Lipinski definition) is 4. The van der Waals surface area contributed by atoms with E-state index in [2.05, 4.69) is 19.7 Å². The van der Waals surface area contributed by atoms with Gasteiger partial charge in [-0.25, -0.2) is 0 Å². The Labute approximate surface area is 120 Å². The van der Waals surface area contributed by atoms with Crippen molar-refractivity contribution < 1.29 is 22.6 Å². The van der Waals surface area contributed by atoms with Crippen molar-refractivity contribution >= 4 is 0 Å². The predicted octanol–water partition coefficient (Wildman–Crippen LogP) is 2.31. The van der Waals surface area contributed by atoms with Crippen molar-refractivity contribution in [1.29, 1.82) is 0 Å². The van der Waals surface area contributed by atoms with Gasteiger partial charge in [0.15, 0.2) is 11.5 Å². The molecule has 2 heterocycles. The van der Waals surface area contributed by atoms with Crippen molar-refractivity contribution in [2.75, 3.05) is 32.9 Å². The highest BCUT2D eigenvalue weighted by molar-refractivity contribution is 5.50. The van der Waals surface area contributed by atoms with E-state index in [0.29, 0.717) is 5.56 Å². The number of rotatable bonds is 4. The lowest BCUT2D eigenvalue weighted by molar-refractivity contribution is -0.287. The van der Waals surface area contributed by atoms with Crippen molar-refractivity contribution in [3.05, 3.63) is 23.8 Å². The molecule has 1 aromatic carbocycles. The molecule has 7 heteroatoms. The minimum Gasteiger partial charge on any atom is -0.395 e. The van der Waals surface area contributed by atoms with Crippen LogP contribution in [-0.2, 0) is 0 Å². The van der Waals surface area contributed by atoms with E-state index in [4.69, 9.17) is 0 Å². The molecule has 0 amide bonds. The first-order valence-corrected chi connectivity index (χ1v) is 7.00. The predicted molar refractivity (Wildman–Crippen MR) is 70.4 cm³/mol. The lowest BCUT2D eigenvalue weighted by Crippen LogP contribution is -2.45. The van der Waals surface area contributed by atoms with Crippen molar-refractivity contribution in [3.63, 3.8) is 0 Å². The van der Waals surface area contributed by atoms with Gasteiger partial charge in [0.2, 0.25) is 0 Å². The molecular formula is C14H17F3N2O2. The minimum absolute atomic E-state index is 0.0106. The second-order valence-corrected chi connectivity index (χ2v) is 5.12. The van der Waals surface area contributed by atoms with E-state index in [0.717, 1.165) is 26.2 Å². The Morgan fingerprint density at radius 1 is 1.24 bits per heavy atom. The van der Waals surface area contributed by atoms with Crippen LogP contribution in [0.5, 0.6) is 11.5 Å². The van der Waals surface area contributed by atoms with Crippen LogP contribution < -0.4 is 14.8 Å². The number of ether oxygens (including phenoxy) is 2. The summed E-state index contributed by atoms with van der Waals surface area (Å²) < 4.78 is 48.6. The van der Waals surface area contributed by atoms with Crippen LogP contribution in [0.3, 0.4) is 0 Å². The largest absolute Gasteiger partial charge is 0.586 e. The zero-order chi connectivity index (χ0) is 14.9. The molecule has 0 spiro atoms. The smallest absolute Gasteiger partial charge is 0.395 e. The molecule has 1 fully saturated rings. The zero-order valence-electron chi connectivity index (χ0n) is 11.4. The van der Waals surface area contributed by atoms with E-state index >= 15 is 0 Å². The lowest BCUT2D eigenvalue weighted by atomic mass is 10.00. The van der Waals surface area contributed by atoms with Gasteiger partial charge in [0, 0.05) is 37.8 Å². The average Bonchev–Trinajstić information content (AvgIpc) is 2.79. The first-order valence-electron chi connectivity index (χ1n) is 7.00. The maximum Gasteiger partial charge on any atom is 0.586 e. The zero-order valence-corrected chi connectivity index (χ0v) is 11.4. The number of fused-ring (bicyclic) bond motifs is 1. The van der Waals surface area contributed by atoms with E-state index < -0.39 is 13.0 Å². The van der Waals surface area contributed by atoms with Crippen molar-refractivity contribution in [1.82, 2.24) is 10.2 Å². The standard InChI is InChI=1S/C14H17F3N2O2/c15-5-4-11(19-8-6-18-7-9-19)10-2-1-3-12-13(10)21-14(16,17)20-12/h1-3,11,18H,4-9H2/t11-/m0/s1. The Balaban J connectivity index is 1.92. The van der Waals surface area contributed by atoms with Gasteiger partial charge in [-0.2, -0.15) is 0 Å². The van der Waals surface area contributed by atoms with Gasteiger partial charge >= 0.3 is 6.29 Å². The number of halogens is 3. The summed E-state index contributed by atoms with van der Waals surface area (Å²) in [7, 11) is 0. The Morgan fingerprint density at radius 3 is 2.71 bits per heavy atom. The number of hydrogen-bond donors (Lipinski definition) is 1. The third kappa shape index (κ3) is 2.94. The van der Waals surface area contributed by atoms with Gasteiger partial charge in [-0.1, -0.05) is 12.1 Å². The first kappa shape index (κ1) is 14.5. The molecule has 116 valence electrons. The molecule has 0 aromatic heterocycles. The molecule has 1 N–H and O–H groups in total. The number of piperazine rings is 1. The molecule has 2 aliphatic rings. The van der Waals surface area contributed by atoms with E-state index in [1.807, 2.05) is 0 Å². The second kappa shape index (κ2) is 5.73. The first-order chi connectivity index (χ1) is 10.1. The molecule has 2 aliphatic heterocycles. The van der Waals surface area contributed by atoms with Gasteiger partial charge in [-0.15, -0.1) is 8.78 Å². The summed E-state index contributed by atoms with van der Waals surface area (Å²) in [5.74, 6) is 0.0379. The Kier molecular flexibility index (Phi) is 3.95. The number of nitrogens with one attached hydrogen (secondary N) is 1. The number of nitrogens with zero attached hydrogens (tertiary/aromatic N) is 1. The van der Waals surface area contributed by atoms with Gasteiger partial charge < -0.3 is 14.8 Å². The molecule has 0 aliphatic carbocycles. The van der Waals surface area contributed by atoms with E-state index in [1.165, 1.54) is 6.07 Å². The van der Waals surface area contributed by atoms with Crippen LogP contribution in [0.4, 0.5) is 13.2 Å². The molecule has 0 unspecified atom stereocenters. The fourth-order valence-corrected chi connectivity index (χ4v) is 2.88. The fourth-order valence-electron chi connectivity index (χ4n) is 2.88. The maximum absolute atomic E-state index is 13.3. The van der Waals surface area contributed by atoms with E-state index in [-0.39, 0.29) is 24.0 Å². The molecule has 0 radical (unpaired) electrons. The molecule has 21 heavy (non-hydrogen) atoms. The van der Waals surface area contributed by atoms with Crippen LogP contribution in [0.2, 0.25) is 0 Å². The monoisotopic (exact) mass is 302 g/mol. The van der Waals surface area contributed by atoms with Crippen LogP contribution in [0.15, 0.2) is 18.2 Å². The molecule has 4 nitrogen and oxygen atoms in total. The molecule has 1 aromatic rings. The fraction of sp³-hybridized carbons (Fsp3) is 0.571. The van der Waals surface area contributed by atoms with E-state index in [9.17, 15) is 13.2 Å². The second-order valence-electron chi connectivity index (χ2n) is 5.12. The van der Waals surface area contributed by atoms with Crippen LogP contribution in [-0.4, -0.2) is 44.0 Å². The molecule has 0 saturated carbocycles. The van der Waals surface area contributed by atoms with Crippen LogP contribution >= 0.6 is 0 Å². The Bertz CT molecular complexity index is 507. The van der Waals surface area contributed by atoms with E-state index in [1.54, 1.807) is 12.1 Å². The summed E-state index contributed by atoms with van der Waals surface area (Å²) in [6.07, 6.45) is -3.41. The number of alkyl halides is 3. The molecule has 3 rings (SSSR count). The van der Waals surface area contributed by atoms with Crippen LogP contribution in [0, 0.1) is 0 Å². The number of benzene rings is 1. The summed E-state index contributed by atoms with van der Waals surface area (Å²) in [6, 6.07) is 4.48. The van der Waals surface area contributed by atoms with Crippen molar-refractivity contribution in [3.8, 4) is 11.5 Å². The minimum atomic E-state index is -3.65. The van der Waals surface area contributed by atoms with Gasteiger partial charge in [0.1, 0.15) is 0 Å². The third-order valence-corrected chi connectivity index (χ3v) is 3.79. The summed E-state index contributed by atoms with van der Waals surface area (Å²) in [4.78, 5) is 2.09. The van der Waals surface area contributed by atoms with Gasteiger partial charge in [0.05, 0.1) is 6.67 Å². The highest BCUT2D eigenvalue weighted by Crippen LogP contribution is 2.46. The molecule has 1 atom stereocenters. The molecule has 1 saturated heterocycles. The molecular weight excluding hydrogens is 285 g/mol. The summed E-state index contributed by atoms with van der Waals surface area (Å²) >= 11 is 0. The topological polar surface area (TPSA) is 33.7 Å². The number of para-hydroxylation sites is 1. The average molecular weight is 302 g/mol. The van der Waals surface area contributed by atoms with Gasteiger partial charge in [0.25, 0.3) is 0 Å². The van der Waals surface area contributed by atoms with Gasteiger partial charge in [-0.3, -0.25) is 9.29 Å². The lowest BCUT2D eigenvalue weighted by Gasteiger charge is -2.35. The van der Waals surface area contributed by atoms with Crippen LogP contribution in [0.25, 0.3) is 0 Å². The Hall–Kier alpha value is -1.47. The highest BCUT2D eigenvalue weighted by Gasteiger charge is 2.45. The van der Waals surface area contributed by atoms with Crippen molar-refractivity contribution in [2.24, 2.45) is 0 Å². The van der Waals surface area contributed by atoms with Crippen molar-refractivity contribution in [2.45, 2.75) is 18.8 Å². The van der Waals surface area contributed by atoms with Gasteiger partial charge in [-0.05, 0) is 12.5 Å². The SMILES string of the molecule is FCC[C@@H](c1cccc2c1OC(F)(F)O2)N1CCNCC1. The quantitative estimate of drug-likeness (QED) is 0.925. The molecule has 0 bridgehead atoms. The maximum atomic E-state index is 13.3. The normalized spacial score (nSPS) is 22.2. The summed E-state index contributed by atoms with van der Waals surface area (Å²) in [5, 5.41) is 3.22. The van der Waals surface area contributed by atoms with Crippen LogP contribution in [0.1, 0.15) is 18.0 Å². The third-order valence-electron chi connectivity index (χ3n) is 3.79. The Morgan fingerprint density at radius 2 is 2.00 bits per heavy atom. The summed E-state index contributed by atoms with van der Waals surface area (Å²) in [5.41, 5.74) is 0.559. The highest BCUT2D eigenvalue weighted by atomic mass is 19.3.